The number of ether oxygens (including phenoxy) is 1. The summed E-state index contributed by atoms with van der Waals surface area (Å²) in [6.45, 7) is 8.30. The van der Waals surface area contributed by atoms with E-state index in [0.717, 1.165) is 32.5 Å². The number of hydrogen-bond acceptors (Lipinski definition) is 4. The standard InChI is InChI=1S/C18H36N4O3.C4H10O/c1-2-3-4-5-6-7-8-9-10-13-16(23)22-15(17(24)25)12-11-14-21-18(19)20;1-3-5-4-2/h15H,2-14H2,1H3,(H,22,23)(H,24,25)(H4,19,20,21);3-4H2,1-2H3/t15-;/m0./s1. The van der Waals surface area contributed by atoms with E-state index in [0.29, 0.717) is 25.8 Å². The second-order valence-corrected chi connectivity index (χ2v) is 7.30. The molecule has 0 aromatic carbocycles. The monoisotopic (exact) mass is 430 g/mol. The van der Waals surface area contributed by atoms with Crippen molar-refractivity contribution in [3.05, 3.63) is 0 Å². The first-order valence-electron chi connectivity index (χ1n) is 11.6. The molecular weight excluding hydrogens is 384 g/mol. The minimum atomic E-state index is -1.02. The Morgan fingerprint density at radius 3 is 1.90 bits per heavy atom. The number of carbonyl (C=O) groups excluding carboxylic acids is 1. The predicted molar refractivity (Wildman–Crippen MR) is 123 cm³/mol. The first kappa shape index (κ1) is 30.4. The highest BCUT2D eigenvalue weighted by Crippen LogP contribution is 2.10. The van der Waals surface area contributed by atoms with Crippen LogP contribution >= 0.6 is 0 Å². The van der Waals surface area contributed by atoms with E-state index in [1.54, 1.807) is 0 Å². The molecule has 0 aromatic heterocycles. The highest BCUT2D eigenvalue weighted by atomic mass is 16.5. The van der Waals surface area contributed by atoms with Crippen molar-refractivity contribution in [1.29, 1.82) is 5.41 Å². The highest BCUT2D eigenvalue weighted by Gasteiger charge is 2.19. The van der Waals surface area contributed by atoms with Crippen LogP contribution in [-0.2, 0) is 14.3 Å². The molecule has 0 unspecified atom stereocenters. The van der Waals surface area contributed by atoms with Crippen molar-refractivity contribution in [2.45, 2.75) is 104 Å². The van der Waals surface area contributed by atoms with Gasteiger partial charge in [0.05, 0.1) is 0 Å². The van der Waals surface area contributed by atoms with Crippen molar-refractivity contribution >= 4 is 17.8 Å². The van der Waals surface area contributed by atoms with Crippen LogP contribution in [0.25, 0.3) is 0 Å². The quantitative estimate of drug-likeness (QED) is 0.127. The van der Waals surface area contributed by atoms with Crippen LogP contribution in [-0.4, -0.2) is 48.7 Å². The van der Waals surface area contributed by atoms with Crippen LogP contribution in [0.4, 0.5) is 0 Å². The van der Waals surface area contributed by atoms with Gasteiger partial charge in [0, 0.05) is 26.2 Å². The fourth-order valence-electron chi connectivity index (χ4n) is 2.85. The van der Waals surface area contributed by atoms with E-state index >= 15 is 0 Å². The van der Waals surface area contributed by atoms with Crippen LogP contribution in [0.15, 0.2) is 0 Å². The van der Waals surface area contributed by atoms with Crippen molar-refractivity contribution in [1.82, 2.24) is 10.6 Å². The number of aliphatic carboxylic acids is 1. The van der Waals surface area contributed by atoms with Gasteiger partial charge in [0.25, 0.3) is 0 Å². The minimum Gasteiger partial charge on any atom is -0.480 e. The molecule has 0 aliphatic carbocycles. The molecule has 6 N–H and O–H groups in total. The van der Waals surface area contributed by atoms with Crippen LogP contribution in [0, 0.1) is 5.41 Å². The molecule has 0 heterocycles. The van der Waals surface area contributed by atoms with Gasteiger partial charge in [-0.15, -0.1) is 0 Å². The van der Waals surface area contributed by atoms with Gasteiger partial charge in [-0.1, -0.05) is 58.3 Å². The Bertz CT molecular complexity index is 431. The molecule has 8 nitrogen and oxygen atoms in total. The Labute approximate surface area is 183 Å². The number of unbranched alkanes of at least 4 members (excludes halogenated alkanes) is 8. The lowest BCUT2D eigenvalue weighted by Gasteiger charge is -2.14. The van der Waals surface area contributed by atoms with Gasteiger partial charge in [0.15, 0.2) is 5.96 Å². The number of nitrogens with two attached hydrogens (primary N) is 1. The molecule has 0 rings (SSSR count). The maximum Gasteiger partial charge on any atom is 0.326 e. The third-order valence-corrected chi connectivity index (χ3v) is 4.53. The fourth-order valence-corrected chi connectivity index (χ4v) is 2.85. The molecular formula is C22H46N4O4. The summed E-state index contributed by atoms with van der Waals surface area (Å²) in [7, 11) is 0. The van der Waals surface area contributed by atoms with Gasteiger partial charge >= 0.3 is 5.97 Å². The molecule has 0 spiro atoms. The number of hydrogen-bond donors (Lipinski definition) is 5. The van der Waals surface area contributed by atoms with E-state index in [4.69, 9.17) is 21.0 Å². The Morgan fingerprint density at radius 1 is 0.933 bits per heavy atom. The average Bonchev–Trinajstić information content (AvgIpc) is 2.69. The van der Waals surface area contributed by atoms with Crippen LogP contribution in [0.5, 0.6) is 0 Å². The van der Waals surface area contributed by atoms with Crippen molar-refractivity contribution in [3.63, 3.8) is 0 Å². The van der Waals surface area contributed by atoms with E-state index < -0.39 is 12.0 Å². The van der Waals surface area contributed by atoms with Crippen molar-refractivity contribution in [2.24, 2.45) is 5.73 Å². The molecule has 0 saturated carbocycles. The van der Waals surface area contributed by atoms with E-state index in [2.05, 4.69) is 17.6 Å². The largest absolute Gasteiger partial charge is 0.480 e. The van der Waals surface area contributed by atoms with Gasteiger partial charge in [-0.05, 0) is 33.1 Å². The van der Waals surface area contributed by atoms with Gasteiger partial charge in [-0.25, -0.2) is 4.79 Å². The van der Waals surface area contributed by atoms with Gasteiger partial charge in [0.2, 0.25) is 5.91 Å². The first-order chi connectivity index (χ1) is 14.4. The van der Waals surface area contributed by atoms with Crippen LogP contribution in [0.1, 0.15) is 97.8 Å². The summed E-state index contributed by atoms with van der Waals surface area (Å²) in [5, 5.41) is 21.4. The molecule has 30 heavy (non-hydrogen) atoms. The third kappa shape index (κ3) is 24.2. The second-order valence-electron chi connectivity index (χ2n) is 7.30. The van der Waals surface area contributed by atoms with Gasteiger partial charge in [-0.3, -0.25) is 10.2 Å². The molecule has 178 valence electrons. The van der Waals surface area contributed by atoms with Gasteiger partial charge < -0.3 is 26.2 Å². The third-order valence-electron chi connectivity index (χ3n) is 4.53. The molecule has 0 radical (unpaired) electrons. The zero-order valence-electron chi connectivity index (χ0n) is 19.4. The number of guanidine groups is 1. The molecule has 8 heteroatoms. The van der Waals surface area contributed by atoms with Crippen molar-refractivity contribution in [2.75, 3.05) is 19.8 Å². The molecule has 1 atom stereocenters. The lowest BCUT2D eigenvalue weighted by molar-refractivity contribution is -0.142. The molecule has 0 fully saturated rings. The first-order valence-corrected chi connectivity index (χ1v) is 11.6. The highest BCUT2D eigenvalue weighted by molar-refractivity contribution is 5.83. The number of nitrogens with one attached hydrogen (secondary N) is 3. The van der Waals surface area contributed by atoms with Gasteiger partial charge in [0.1, 0.15) is 6.04 Å². The fraction of sp³-hybridized carbons (Fsp3) is 0.864. The lowest BCUT2D eigenvalue weighted by atomic mass is 10.1. The minimum absolute atomic E-state index is 0.138. The summed E-state index contributed by atoms with van der Waals surface area (Å²) < 4.78 is 4.83. The Balaban J connectivity index is 0. The summed E-state index contributed by atoms with van der Waals surface area (Å²) in [6, 6.07) is -0.875. The summed E-state index contributed by atoms with van der Waals surface area (Å²) in [5.41, 5.74) is 5.16. The molecule has 0 aliphatic rings. The molecule has 0 aliphatic heterocycles. The lowest BCUT2D eigenvalue weighted by Crippen LogP contribution is -2.41. The normalized spacial score (nSPS) is 11.2. The summed E-state index contributed by atoms with van der Waals surface area (Å²) in [6.07, 6.45) is 11.9. The Kier molecular flexibility index (Phi) is 23.7. The van der Waals surface area contributed by atoms with E-state index in [1.165, 1.54) is 38.5 Å². The smallest absolute Gasteiger partial charge is 0.326 e. The number of carboxylic acid groups (broad SMARTS) is 1. The van der Waals surface area contributed by atoms with Crippen LogP contribution < -0.4 is 16.4 Å². The maximum atomic E-state index is 11.9. The zero-order valence-corrected chi connectivity index (χ0v) is 19.4. The van der Waals surface area contributed by atoms with E-state index in [1.807, 2.05) is 13.8 Å². The summed E-state index contributed by atoms with van der Waals surface area (Å²) in [5.74, 6) is -1.36. The summed E-state index contributed by atoms with van der Waals surface area (Å²) >= 11 is 0. The summed E-state index contributed by atoms with van der Waals surface area (Å²) in [4.78, 5) is 23.0. The molecule has 0 aromatic rings. The number of rotatable bonds is 18. The SMILES string of the molecule is CCCCCCCCCCCC(=O)N[C@@H](CCCNC(=N)N)C(=O)O.CCOCC. The van der Waals surface area contributed by atoms with Crippen LogP contribution in [0.2, 0.25) is 0 Å². The molecule has 0 bridgehead atoms. The zero-order chi connectivity index (χ0) is 23.0. The Morgan fingerprint density at radius 2 is 1.47 bits per heavy atom. The maximum absolute atomic E-state index is 11.9. The van der Waals surface area contributed by atoms with Crippen LogP contribution in [0.3, 0.4) is 0 Å². The topological polar surface area (TPSA) is 138 Å². The average molecular weight is 431 g/mol. The van der Waals surface area contributed by atoms with Crippen molar-refractivity contribution in [3.8, 4) is 0 Å². The van der Waals surface area contributed by atoms with E-state index in [-0.39, 0.29) is 11.9 Å². The number of carbonyl (C=O) groups is 2. The Hall–Kier alpha value is -1.83. The number of amides is 1. The molecule has 0 saturated heterocycles. The predicted octanol–water partition coefficient (Wildman–Crippen LogP) is 3.78. The second kappa shape index (κ2) is 23.4. The van der Waals surface area contributed by atoms with Crippen molar-refractivity contribution < 1.29 is 19.4 Å². The number of carboxylic acids is 1. The van der Waals surface area contributed by atoms with Gasteiger partial charge in [-0.2, -0.15) is 0 Å². The van der Waals surface area contributed by atoms with E-state index in [9.17, 15) is 9.59 Å². The molecule has 1 amide bonds.